The van der Waals surface area contributed by atoms with E-state index in [2.05, 4.69) is 20.0 Å². The van der Waals surface area contributed by atoms with Crippen LogP contribution in [0.15, 0.2) is 22.7 Å². The summed E-state index contributed by atoms with van der Waals surface area (Å²) in [6, 6.07) is 5.80. The Morgan fingerprint density at radius 1 is 1.19 bits per heavy atom. The summed E-state index contributed by atoms with van der Waals surface area (Å²) in [4.78, 5) is 10.8. The van der Waals surface area contributed by atoms with E-state index in [1.54, 1.807) is 0 Å². The van der Waals surface area contributed by atoms with Gasteiger partial charge in [0.1, 0.15) is 0 Å². The van der Waals surface area contributed by atoms with Gasteiger partial charge in [0, 0.05) is 18.7 Å². The summed E-state index contributed by atoms with van der Waals surface area (Å²) in [5.41, 5.74) is 7.48. The minimum Gasteiger partial charge on any atom is -0.378 e. The Labute approximate surface area is 124 Å². The lowest BCUT2D eigenvalue weighted by atomic mass is 10.2. The molecule has 1 aliphatic heterocycles. The zero-order valence-corrected chi connectivity index (χ0v) is 12.0. The van der Waals surface area contributed by atoms with Crippen LogP contribution in [0.25, 0.3) is 21.7 Å². The van der Waals surface area contributed by atoms with E-state index in [4.69, 9.17) is 15.0 Å². The van der Waals surface area contributed by atoms with Crippen LogP contribution in [0.5, 0.6) is 0 Å². The number of nitrogens with zero attached hydrogens (tertiary/aromatic N) is 4. The largest absolute Gasteiger partial charge is 0.378 e. The van der Waals surface area contributed by atoms with Crippen molar-refractivity contribution in [2.24, 2.45) is 0 Å². The van der Waals surface area contributed by atoms with Gasteiger partial charge in [-0.25, -0.2) is 4.98 Å². The number of nitrogens with two attached hydrogens (primary N) is 1. The van der Waals surface area contributed by atoms with Crippen LogP contribution in [0.2, 0.25) is 0 Å². The van der Waals surface area contributed by atoms with Crippen molar-refractivity contribution in [3.8, 4) is 11.5 Å². The minimum atomic E-state index is 0.505. The summed E-state index contributed by atoms with van der Waals surface area (Å²) in [6.45, 7) is 2.94. The van der Waals surface area contributed by atoms with Crippen molar-refractivity contribution >= 4 is 32.6 Å². The quantitative estimate of drug-likeness (QED) is 0.771. The molecular weight excluding hydrogens is 290 g/mol. The third-order valence-electron chi connectivity index (χ3n) is 3.36. The van der Waals surface area contributed by atoms with Crippen LogP contribution < -0.4 is 10.6 Å². The summed E-state index contributed by atoms with van der Waals surface area (Å²) < 4.78 is 11.7. The highest BCUT2D eigenvalue weighted by Crippen LogP contribution is 2.29. The van der Waals surface area contributed by atoms with Crippen molar-refractivity contribution < 1.29 is 9.26 Å². The van der Waals surface area contributed by atoms with Crippen molar-refractivity contribution in [1.29, 1.82) is 0 Å². The Balaban J connectivity index is 1.66. The Kier molecular flexibility index (Phi) is 2.97. The van der Waals surface area contributed by atoms with Crippen LogP contribution in [0, 0.1) is 0 Å². The molecule has 0 atom stereocenters. The predicted molar refractivity (Wildman–Crippen MR) is 80.4 cm³/mol. The predicted octanol–water partition coefficient (Wildman–Crippen LogP) is 1.77. The average molecular weight is 303 g/mol. The van der Waals surface area contributed by atoms with Gasteiger partial charge in [-0.15, -0.1) is 0 Å². The first kappa shape index (κ1) is 12.5. The van der Waals surface area contributed by atoms with E-state index in [0.29, 0.717) is 30.2 Å². The van der Waals surface area contributed by atoms with E-state index < -0.39 is 0 Å². The van der Waals surface area contributed by atoms with Crippen LogP contribution in [0.3, 0.4) is 0 Å². The highest BCUT2D eigenvalue weighted by Gasteiger charge is 2.18. The molecule has 1 aromatic carbocycles. The topological polar surface area (TPSA) is 90.3 Å². The van der Waals surface area contributed by atoms with Gasteiger partial charge in [0.05, 0.1) is 23.4 Å². The molecule has 0 aliphatic carbocycles. The molecule has 3 heterocycles. The maximum absolute atomic E-state index is 5.72. The first-order valence-electron chi connectivity index (χ1n) is 6.62. The highest BCUT2D eigenvalue weighted by molar-refractivity contribution is 7.22. The zero-order valence-electron chi connectivity index (χ0n) is 11.2. The number of rotatable bonds is 2. The number of aromatic nitrogens is 3. The molecule has 0 spiro atoms. The maximum atomic E-state index is 5.72. The van der Waals surface area contributed by atoms with E-state index in [1.807, 2.05) is 18.2 Å². The maximum Gasteiger partial charge on any atom is 0.266 e. The van der Waals surface area contributed by atoms with Crippen molar-refractivity contribution in [1.82, 2.24) is 15.1 Å². The first-order chi connectivity index (χ1) is 10.3. The molecule has 0 radical (unpaired) electrons. The van der Waals surface area contributed by atoms with Crippen molar-refractivity contribution in [2.45, 2.75) is 0 Å². The molecule has 0 saturated carbocycles. The summed E-state index contributed by atoms with van der Waals surface area (Å²) in [5, 5.41) is 4.61. The lowest BCUT2D eigenvalue weighted by Crippen LogP contribution is -2.36. The average Bonchev–Trinajstić information content (AvgIpc) is 3.12. The second-order valence-electron chi connectivity index (χ2n) is 4.73. The standard InChI is InChI=1S/C13H13N5O2S/c14-12-15-9-2-1-8(7-10(9)21-12)11-16-13(17-20-11)18-3-5-19-6-4-18/h1-2,7H,3-6H2,(H2,14,15). The molecule has 8 heteroatoms. The number of fused-ring (bicyclic) bond motifs is 1. The van der Waals surface area contributed by atoms with Gasteiger partial charge in [-0.3, -0.25) is 0 Å². The number of benzene rings is 1. The van der Waals surface area contributed by atoms with E-state index in [9.17, 15) is 0 Å². The lowest BCUT2D eigenvalue weighted by Gasteiger charge is -2.24. The lowest BCUT2D eigenvalue weighted by molar-refractivity contribution is 0.121. The Morgan fingerprint density at radius 3 is 2.90 bits per heavy atom. The first-order valence-corrected chi connectivity index (χ1v) is 7.44. The van der Waals surface area contributed by atoms with E-state index in [1.165, 1.54) is 11.3 Å². The molecule has 3 aromatic rings. The van der Waals surface area contributed by atoms with Crippen molar-refractivity contribution in [3.63, 3.8) is 0 Å². The Bertz CT molecular complexity index is 778. The van der Waals surface area contributed by atoms with Gasteiger partial charge in [-0.1, -0.05) is 11.3 Å². The fraction of sp³-hybridized carbons (Fsp3) is 0.308. The fourth-order valence-corrected chi connectivity index (χ4v) is 3.07. The van der Waals surface area contributed by atoms with Gasteiger partial charge >= 0.3 is 0 Å². The fourth-order valence-electron chi connectivity index (χ4n) is 2.30. The molecule has 2 N–H and O–H groups in total. The highest BCUT2D eigenvalue weighted by atomic mass is 32.1. The van der Waals surface area contributed by atoms with Crippen LogP contribution in [-0.2, 0) is 4.74 Å². The van der Waals surface area contributed by atoms with Crippen LogP contribution in [-0.4, -0.2) is 41.4 Å². The van der Waals surface area contributed by atoms with Gasteiger partial charge < -0.3 is 19.9 Å². The van der Waals surface area contributed by atoms with E-state index in [-0.39, 0.29) is 0 Å². The summed E-state index contributed by atoms with van der Waals surface area (Å²) in [7, 11) is 0. The number of nitrogen functional groups attached to an aromatic ring is 1. The van der Waals surface area contributed by atoms with Crippen LogP contribution in [0.1, 0.15) is 0 Å². The van der Waals surface area contributed by atoms with Gasteiger partial charge in [0.2, 0.25) is 0 Å². The van der Waals surface area contributed by atoms with Crippen molar-refractivity contribution in [3.05, 3.63) is 18.2 Å². The zero-order chi connectivity index (χ0) is 14.2. The van der Waals surface area contributed by atoms with Gasteiger partial charge in [0.15, 0.2) is 5.13 Å². The number of morpholine rings is 1. The molecule has 4 rings (SSSR count). The molecular formula is C13H13N5O2S. The second-order valence-corrected chi connectivity index (χ2v) is 5.80. The molecule has 7 nitrogen and oxygen atoms in total. The third kappa shape index (κ3) is 2.32. The summed E-state index contributed by atoms with van der Waals surface area (Å²) in [5.74, 6) is 1.11. The number of hydrogen-bond acceptors (Lipinski definition) is 8. The summed E-state index contributed by atoms with van der Waals surface area (Å²) in [6.07, 6.45) is 0. The molecule has 108 valence electrons. The number of hydrogen-bond donors (Lipinski definition) is 1. The number of ether oxygens (including phenoxy) is 1. The van der Waals surface area contributed by atoms with Gasteiger partial charge in [-0.2, -0.15) is 4.98 Å². The minimum absolute atomic E-state index is 0.505. The van der Waals surface area contributed by atoms with E-state index >= 15 is 0 Å². The number of thiazole rings is 1. The Morgan fingerprint density at radius 2 is 2.05 bits per heavy atom. The third-order valence-corrected chi connectivity index (χ3v) is 4.21. The molecule has 1 fully saturated rings. The van der Waals surface area contributed by atoms with Crippen LogP contribution >= 0.6 is 11.3 Å². The van der Waals surface area contributed by atoms with Crippen LogP contribution in [0.4, 0.5) is 11.1 Å². The molecule has 1 saturated heterocycles. The van der Waals surface area contributed by atoms with Gasteiger partial charge in [-0.05, 0) is 23.4 Å². The summed E-state index contributed by atoms with van der Waals surface area (Å²) >= 11 is 1.45. The number of anilines is 2. The molecule has 1 aliphatic rings. The normalized spacial score (nSPS) is 15.7. The molecule has 21 heavy (non-hydrogen) atoms. The van der Waals surface area contributed by atoms with Crippen molar-refractivity contribution in [2.75, 3.05) is 36.9 Å². The molecule has 0 bridgehead atoms. The Hall–Kier alpha value is -2.19. The van der Waals surface area contributed by atoms with Gasteiger partial charge in [0.25, 0.3) is 11.8 Å². The molecule has 2 aromatic heterocycles. The molecule has 0 amide bonds. The smallest absolute Gasteiger partial charge is 0.266 e. The molecule has 0 unspecified atom stereocenters. The monoisotopic (exact) mass is 303 g/mol. The second kappa shape index (κ2) is 4.97. The SMILES string of the molecule is Nc1nc2ccc(-c3nc(N4CCOCC4)no3)cc2s1. The van der Waals surface area contributed by atoms with E-state index in [0.717, 1.165) is 28.9 Å².